The van der Waals surface area contributed by atoms with Gasteiger partial charge in [0.1, 0.15) is 0 Å². The molecule has 0 aliphatic heterocycles. The molecule has 0 atom stereocenters. The Morgan fingerprint density at radius 2 is 1.60 bits per heavy atom. The van der Waals surface area contributed by atoms with Gasteiger partial charge >= 0.3 is 0 Å². The van der Waals surface area contributed by atoms with E-state index in [4.69, 9.17) is 5.26 Å². The number of rotatable bonds is 3. The second-order valence-electron chi connectivity index (χ2n) is 6.07. The van der Waals surface area contributed by atoms with Gasteiger partial charge in [-0.1, -0.05) is 0 Å². The quantitative estimate of drug-likeness (QED) is 0.681. The van der Waals surface area contributed by atoms with Gasteiger partial charge < -0.3 is 0 Å². The SMILES string of the molecule is N#CCSCC12CC3CC(CC(C3)C1)C2. The monoisotopic (exact) mass is 221 g/mol. The highest BCUT2D eigenvalue weighted by atomic mass is 32.2. The lowest BCUT2D eigenvalue weighted by Gasteiger charge is -2.56. The predicted molar refractivity (Wildman–Crippen MR) is 63.5 cm³/mol. The molecule has 4 rings (SSSR count). The maximum Gasteiger partial charge on any atom is 0.0808 e. The van der Waals surface area contributed by atoms with Crippen molar-refractivity contribution in [3.05, 3.63) is 0 Å². The Balaban J connectivity index is 1.68. The number of nitrogens with zero attached hydrogens (tertiary/aromatic N) is 1. The fraction of sp³-hybridized carbons (Fsp3) is 0.923. The summed E-state index contributed by atoms with van der Waals surface area (Å²) in [6.07, 6.45) is 9.04. The Kier molecular flexibility index (Phi) is 2.47. The normalized spacial score (nSPS) is 46.7. The molecule has 1 nitrogen and oxygen atoms in total. The maximum absolute atomic E-state index is 8.61. The minimum absolute atomic E-state index is 0.663. The van der Waals surface area contributed by atoms with Crippen molar-refractivity contribution in [3.63, 3.8) is 0 Å². The van der Waals surface area contributed by atoms with Gasteiger partial charge in [-0.05, 0) is 67.4 Å². The van der Waals surface area contributed by atoms with Crippen molar-refractivity contribution in [3.8, 4) is 6.07 Å². The van der Waals surface area contributed by atoms with Crippen LogP contribution < -0.4 is 0 Å². The van der Waals surface area contributed by atoms with E-state index < -0.39 is 0 Å². The molecule has 0 amide bonds. The number of thioether (sulfide) groups is 1. The second kappa shape index (κ2) is 3.70. The zero-order chi connectivity index (χ0) is 10.3. The Hall–Kier alpha value is -0.160. The Bertz CT molecular complexity index is 256. The van der Waals surface area contributed by atoms with Gasteiger partial charge in [-0.2, -0.15) is 5.26 Å². The summed E-state index contributed by atoms with van der Waals surface area (Å²) in [5.74, 6) is 5.13. The highest BCUT2D eigenvalue weighted by Crippen LogP contribution is 2.60. The summed E-state index contributed by atoms with van der Waals surface area (Å²) in [7, 11) is 0. The number of nitriles is 1. The fourth-order valence-electron chi connectivity index (χ4n) is 4.78. The zero-order valence-corrected chi connectivity index (χ0v) is 10.1. The van der Waals surface area contributed by atoms with Crippen LogP contribution in [0.4, 0.5) is 0 Å². The summed E-state index contributed by atoms with van der Waals surface area (Å²) < 4.78 is 0. The molecule has 0 saturated heterocycles. The number of hydrogen-bond donors (Lipinski definition) is 0. The molecule has 0 spiro atoms. The van der Waals surface area contributed by atoms with E-state index in [-0.39, 0.29) is 0 Å². The molecule has 4 aliphatic rings. The topological polar surface area (TPSA) is 23.8 Å². The van der Waals surface area contributed by atoms with Gasteiger partial charge in [-0.15, -0.1) is 11.8 Å². The Morgan fingerprint density at radius 1 is 1.07 bits per heavy atom. The molecule has 0 N–H and O–H groups in total. The highest BCUT2D eigenvalue weighted by molar-refractivity contribution is 7.99. The predicted octanol–water partition coefficient (Wildman–Crippen LogP) is 3.46. The highest BCUT2D eigenvalue weighted by Gasteiger charge is 2.50. The molecular formula is C13H19NS. The van der Waals surface area contributed by atoms with Crippen molar-refractivity contribution < 1.29 is 0 Å². The molecule has 0 unspecified atom stereocenters. The van der Waals surface area contributed by atoms with Gasteiger partial charge in [0.2, 0.25) is 0 Å². The Labute approximate surface area is 96.6 Å². The second-order valence-corrected chi connectivity index (χ2v) is 7.05. The van der Waals surface area contributed by atoms with Crippen LogP contribution in [-0.2, 0) is 0 Å². The van der Waals surface area contributed by atoms with Gasteiger partial charge in [0.25, 0.3) is 0 Å². The minimum Gasteiger partial charge on any atom is -0.197 e. The van der Waals surface area contributed by atoms with Crippen LogP contribution in [0.3, 0.4) is 0 Å². The Morgan fingerprint density at radius 3 is 2.07 bits per heavy atom. The molecule has 15 heavy (non-hydrogen) atoms. The van der Waals surface area contributed by atoms with E-state index in [9.17, 15) is 0 Å². The van der Waals surface area contributed by atoms with Gasteiger partial charge in [0, 0.05) is 0 Å². The van der Waals surface area contributed by atoms with E-state index in [0.29, 0.717) is 11.2 Å². The third-order valence-corrected chi connectivity index (χ3v) is 5.89. The van der Waals surface area contributed by atoms with E-state index >= 15 is 0 Å². The lowest BCUT2D eigenvalue weighted by molar-refractivity contribution is -0.0381. The van der Waals surface area contributed by atoms with Crippen molar-refractivity contribution in [2.75, 3.05) is 11.5 Å². The first-order valence-corrected chi connectivity index (χ1v) is 7.40. The molecule has 0 aromatic rings. The molecule has 0 heterocycles. The third-order valence-electron chi connectivity index (χ3n) is 4.74. The van der Waals surface area contributed by atoms with E-state index in [1.54, 1.807) is 0 Å². The molecule has 4 bridgehead atoms. The van der Waals surface area contributed by atoms with Crippen molar-refractivity contribution in [2.45, 2.75) is 38.5 Å². The average Bonchev–Trinajstić information content (AvgIpc) is 2.15. The van der Waals surface area contributed by atoms with Crippen LogP contribution >= 0.6 is 11.8 Å². The lowest BCUT2D eigenvalue weighted by Crippen LogP contribution is -2.47. The van der Waals surface area contributed by atoms with Crippen molar-refractivity contribution in [2.24, 2.45) is 23.2 Å². The largest absolute Gasteiger partial charge is 0.197 e. The molecule has 4 saturated carbocycles. The van der Waals surface area contributed by atoms with Gasteiger partial charge in [-0.25, -0.2) is 0 Å². The summed E-state index contributed by atoms with van der Waals surface area (Å²) in [4.78, 5) is 0. The first-order chi connectivity index (χ1) is 7.30. The van der Waals surface area contributed by atoms with E-state index in [1.807, 2.05) is 11.8 Å². The van der Waals surface area contributed by atoms with Crippen molar-refractivity contribution >= 4 is 11.8 Å². The van der Waals surface area contributed by atoms with Crippen LogP contribution in [0.2, 0.25) is 0 Å². The first-order valence-electron chi connectivity index (χ1n) is 6.24. The van der Waals surface area contributed by atoms with Crippen molar-refractivity contribution in [1.82, 2.24) is 0 Å². The molecule has 82 valence electrons. The molecule has 0 radical (unpaired) electrons. The van der Waals surface area contributed by atoms with Gasteiger partial charge in [0.05, 0.1) is 11.8 Å². The van der Waals surface area contributed by atoms with Crippen LogP contribution in [0.25, 0.3) is 0 Å². The van der Waals surface area contributed by atoms with E-state index in [1.165, 1.54) is 44.3 Å². The van der Waals surface area contributed by atoms with Crippen LogP contribution in [-0.4, -0.2) is 11.5 Å². The van der Waals surface area contributed by atoms with Gasteiger partial charge in [0.15, 0.2) is 0 Å². The molecule has 4 fully saturated rings. The van der Waals surface area contributed by atoms with Crippen LogP contribution in [0.15, 0.2) is 0 Å². The average molecular weight is 221 g/mol. The van der Waals surface area contributed by atoms with Crippen LogP contribution in [0, 0.1) is 34.5 Å². The standard InChI is InChI=1S/C13H19NS/c14-1-2-15-9-13-6-10-3-11(7-13)5-12(4-10)8-13/h10-12H,2-9H2. The van der Waals surface area contributed by atoms with E-state index in [0.717, 1.165) is 17.8 Å². The van der Waals surface area contributed by atoms with Gasteiger partial charge in [-0.3, -0.25) is 0 Å². The first kappa shape index (κ1) is 10.0. The lowest BCUT2D eigenvalue weighted by atomic mass is 9.50. The van der Waals surface area contributed by atoms with Crippen LogP contribution in [0.1, 0.15) is 38.5 Å². The zero-order valence-electron chi connectivity index (χ0n) is 9.24. The minimum atomic E-state index is 0.663. The molecule has 0 aromatic carbocycles. The summed E-state index contributed by atoms with van der Waals surface area (Å²) in [6.45, 7) is 0. The van der Waals surface area contributed by atoms with E-state index in [2.05, 4.69) is 6.07 Å². The van der Waals surface area contributed by atoms with Crippen molar-refractivity contribution in [1.29, 1.82) is 5.26 Å². The summed E-state index contributed by atoms with van der Waals surface area (Å²) >= 11 is 1.88. The summed E-state index contributed by atoms with van der Waals surface area (Å²) in [5, 5.41) is 8.61. The number of hydrogen-bond acceptors (Lipinski definition) is 2. The molecule has 0 aromatic heterocycles. The third kappa shape index (κ3) is 1.80. The molecular weight excluding hydrogens is 202 g/mol. The molecule has 4 aliphatic carbocycles. The smallest absolute Gasteiger partial charge is 0.0808 e. The summed E-state index contributed by atoms with van der Waals surface area (Å²) in [6, 6.07) is 2.26. The summed E-state index contributed by atoms with van der Waals surface area (Å²) in [5.41, 5.74) is 0.663. The molecule has 2 heteroatoms. The van der Waals surface area contributed by atoms with Crippen LogP contribution in [0.5, 0.6) is 0 Å². The fourth-order valence-corrected chi connectivity index (χ4v) is 5.76. The maximum atomic E-state index is 8.61.